The van der Waals surface area contributed by atoms with Crippen LogP contribution in [-0.2, 0) is 26.2 Å². The van der Waals surface area contributed by atoms with E-state index in [1.807, 2.05) is 20.8 Å². The lowest BCUT2D eigenvalue weighted by Crippen LogP contribution is -2.55. The summed E-state index contributed by atoms with van der Waals surface area (Å²) in [5.41, 5.74) is 0.185. The van der Waals surface area contributed by atoms with Crippen LogP contribution in [0.25, 0.3) is 0 Å². The Bertz CT molecular complexity index is 1460. The third kappa shape index (κ3) is 8.43. The molecule has 0 saturated carbocycles. The number of halogens is 2. The van der Waals surface area contributed by atoms with E-state index in [1.54, 1.807) is 19.1 Å². The highest BCUT2D eigenvalue weighted by Gasteiger charge is 2.34. The highest BCUT2D eigenvalue weighted by atomic mass is 35.5. The van der Waals surface area contributed by atoms with Gasteiger partial charge in [0.05, 0.1) is 17.7 Å². The summed E-state index contributed by atoms with van der Waals surface area (Å²) in [6.07, 6.45) is 0.261. The Morgan fingerprint density at radius 1 is 1.02 bits per heavy atom. The predicted molar refractivity (Wildman–Crippen MR) is 158 cm³/mol. The molecule has 11 heteroatoms. The average molecular weight is 604 g/mol. The molecule has 3 rings (SSSR count). The number of methoxy groups -OCH3 is 1. The minimum absolute atomic E-state index is 0.0405. The lowest BCUT2D eigenvalue weighted by atomic mass is 10.1. The van der Waals surface area contributed by atoms with Crippen molar-refractivity contribution in [2.45, 2.75) is 57.1 Å². The Morgan fingerprint density at radius 2 is 1.66 bits per heavy atom. The molecule has 8 nitrogen and oxygen atoms in total. The van der Waals surface area contributed by atoms with Crippen LogP contribution in [0.4, 0.5) is 10.1 Å². The van der Waals surface area contributed by atoms with Crippen LogP contribution < -0.4 is 14.4 Å². The fraction of sp³-hybridized carbons (Fsp3) is 0.333. The molecule has 2 amide bonds. The molecule has 0 spiro atoms. The summed E-state index contributed by atoms with van der Waals surface area (Å²) in [4.78, 5) is 28.6. The van der Waals surface area contributed by atoms with Crippen LogP contribution in [0.1, 0.15) is 39.7 Å². The number of anilines is 1. The molecule has 0 aliphatic rings. The van der Waals surface area contributed by atoms with E-state index >= 15 is 0 Å². The summed E-state index contributed by atoms with van der Waals surface area (Å²) in [6.45, 7) is 6.58. The SMILES string of the molecule is CCC(C(=O)NC(C)(C)C)N(Cc1ccc(F)cc1)C(=O)CN(c1cccc(Cl)c1)S(=O)(=O)c1ccc(OC)cc1. The molecule has 3 aromatic rings. The Hall–Kier alpha value is -3.63. The summed E-state index contributed by atoms with van der Waals surface area (Å²) in [5, 5.41) is 3.19. The molecule has 0 saturated heterocycles. The van der Waals surface area contributed by atoms with Crippen LogP contribution >= 0.6 is 11.6 Å². The van der Waals surface area contributed by atoms with E-state index in [2.05, 4.69) is 5.32 Å². The maximum atomic E-state index is 14.0. The predicted octanol–water partition coefficient (Wildman–Crippen LogP) is 5.41. The van der Waals surface area contributed by atoms with Gasteiger partial charge in [0, 0.05) is 17.1 Å². The first-order chi connectivity index (χ1) is 19.2. The number of sulfonamides is 1. The molecule has 220 valence electrons. The first-order valence-electron chi connectivity index (χ1n) is 13.0. The van der Waals surface area contributed by atoms with Gasteiger partial charge in [0.25, 0.3) is 10.0 Å². The van der Waals surface area contributed by atoms with Crippen LogP contribution in [0.3, 0.4) is 0 Å². The van der Waals surface area contributed by atoms with E-state index in [1.165, 1.54) is 72.7 Å². The van der Waals surface area contributed by atoms with E-state index in [-0.39, 0.29) is 34.5 Å². The number of amides is 2. The van der Waals surface area contributed by atoms with Crippen molar-refractivity contribution in [2.75, 3.05) is 18.0 Å². The second-order valence-electron chi connectivity index (χ2n) is 10.5. The zero-order valence-corrected chi connectivity index (χ0v) is 25.3. The van der Waals surface area contributed by atoms with Crippen molar-refractivity contribution in [3.63, 3.8) is 0 Å². The fourth-order valence-corrected chi connectivity index (χ4v) is 5.78. The van der Waals surface area contributed by atoms with Crippen molar-refractivity contribution in [2.24, 2.45) is 0 Å². The van der Waals surface area contributed by atoms with E-state index < -0.39 is 39.9 Å². The molecule has 0 aliphatic heterocycles. The second-order valence-corrected chi connectivity index (χ2v) is 12.8. The van der Waals surface area contributed by atoms with Crippen molar-refractivity contribution in [1.29, 1.82) is 0 Å². The molecular formula is C30H35ClFN3O5S. The molecule has 0 heterocycles. The van der Waals surface area contributed by atoms with E-state index in [4.69, 9.17) is 16.3 Å². The van der Waals surface area contributed by atoms with Gasteiger partial charge in [-0.2, -0.15) is 0 Å². The summed E-state index contributed by atoms with van der Waals surface area (Å²) >= 11 is 6.20. The van der Waals surface area contributed by atoms with Gasteiger partial charge >= 0.3 is 0 Å². The van der Waals surface area contributed by atoms with Gasteiger partial charge in [-0.05, 0) is 87.4 Å². The van der Waals surface area contributed by atoms with Gasteiger partial charge in [-0.1, -0.05) is 36.7 Å². The normalized spacial score (nSPS) is 12.4. The van der Waals surface area contributed by atoms with Crippen LogP contribution in [0.5, 0.6) is 5.75 Å². The first kappa shape index (κ1) is 31.9. The minimum Gasteiger partial charge on any atom is -0.497 e. The maximum Gasteiger partial charge on any atom is 0.264 e. The van der Waals surface area contributed by atoms with Gasteiger partial charge < -0.3 is 15.0 Å². The molecule has 0 aliphatic carbocycles. The molecule has 0 radical (unpaired) electrons. The van der Waals surface area contributed by atoms with Gasteiger partial charge in [-0.25, -0.2) is 12.8 Å². The monoisotopic (exact) mass is 603 g/mol. The third-order valence-electron chi connectivity index (χ3n) is 6.17. The third-order valence-corrected chi connectivity index (χ3v) is 8.20. The van der Waals surface area contributed by atoms with E-state index in [0.29, 0.717) is 11.3 Å². The van der Waals surface area contributed by atoms with Crippen molar-refractivity contribution < 1.29 is 27.1 Å². The molecule has 1 unspecified atom stereocenters. The standard InChI is InChI=1S/C30H35ClFN3O5S/c1-6-27(29(37)33-30(2,3)4)34(19-21-10-12-23(32)13-11-21)28(36)20-35(24-9-7-8-22(31)18-24)41(38,39)26-16-14-25(40-5)15-17-26/h7-18,27H,6,19-20H2,1-5H3,(H,33,37). The van der Waals surface area contributed by atoms with Gasteiger partial charge in [-0.15, -0.1) is 0 Å². The Kier molecular flexibility index (Phi) is 10.4. The van der Waals surface area contributed by atoms with Gasteiger partial charge in [0.1, 0.15) is 24.2 Å². The lowest BCUT2D eigenvalue weighted by Gasteiger charge is -2.34. The Morgan fingerprint density at radius 3 is 2.20 bits per heavy atom. The highest BCUT2D eigenvalue weighted by molar-refractivity contribution is 7.92. The summed E-state index contributed by atoms with van der Waals surface area (Å²) in [7, 11) is -2.79. The quantitative estimate of drug-likeness (QED) is 0.316. The van der Waals surface area contributed by atoms with Crippen molar-refractivity contribution in [3.05, 3.63) is 89.2 Å². The van der Waals surface area contributed by atoms with E-state index in [0.717, 1.165) is 4.31 Å². The molecule has 0 aromatic heterocycles. The van der Waals surface area contributed by atoms with Crippen LogP contribution in [0.2, 0.25) is 5.02 Å². The highest BCUT2D eigenvalue weighted by Crippen LogP contribution is 2.28. The lowest BCUT2D eigenvalue weighted by molar-refractivity contribution is -0.141. The van der Waals surface area contributed by atoms with Gasteiger partial charge in [0.15, 0.2) is 0 Å². The number of hydrogen-bond acceptors (Lipinski definition) is 5. The molecule has 3 aromatic carbocycles. The van der Waals surface area contributed by atoms with Crippen LogP contribution in [-0.4, -0.2) is 50.4 Å². The Balaban J connectivity index is 2.07. The number of ether oxygens (including phenoxy) is 1. The topological polar surface area (TPSA) is 96.0 Å². The number of nitrogens with zero attached hydrogens (tertiary/aromatic N) is 2. The summed E-state index contributed by atoms with van der Waals surface area (Å²) in [6, 6.07) is 16.6. The van der Waals surface area contributed by atoms with Crippen molar-refractivity contribution >= 4 is 39.1 Å². The van der Waals surface area contributed by atoms with Crippen LogP contribution in [0, 0.1) is 5.82 Å². The zero-order valence-electron chi connectivity index (χ0n) is 23.7. The first-order valence-corrected chi connectivity index (χ1v) is 14.8. The molecule has 0 fully saturated rings. The number of benzene rings is 3. The minimum atomic E-state index is -4.26. The summed E-state index contributed by atoms with van der Waals surface area (Å²) < 4.78 is 47.6. The smallest absolute Gasteiger partial charge is 0.264 e. The maximum absolute atomic E-state index is 14.0. The molecular weight excluding hydrogens is 569 g/mol. The van der Waals surface area contributed by atoms with Gasteiger partial charge in [0.2, 0.25) is 11.8 Å². The molecule has 41 heavy (non-hydrogen) atoms. The summed E-state index contributed by atoms with van der Waals surface area (Å²) in [5.74, 6) is -0.984. The van der Waals surface area contributed by atoms with Gasteiger partial charge in [-0.3, -0.25) is 13.9 Å². The van der Waals surface area contributed by atoms with Crippen molar-refractivity contribution in [1.82, 2.24) is 10.2 Å². The number of carbonyl (C=O) groups is 2. The second kappa shape index (κ2) is 13.4. The zero-order chi connectivity index (χ0) is 30.4. The number of hydrogen-bond donors (Lipinski definition) is 1. The molecule has 1 atom stereocenters. The largest absolute Gasteiger partial charge is 0.497 e. The fourth-order valence-electron chi connectivity index (χ4n) is 4.19. The Labute approximate surface area is 246 Å². The van der Waals surface area contributed by atoms with Crippen LogP contribution in [0.15, 0.2) is 77.7 Å². The number of rotatable bonds is 11. The van der Waals surface area contributed by atoms with E-state index in [9.17, 15) is 22.4 Å². The number of nitrogens with one attached hydrogen (secondary N) is 1. The number of carbonyl (C=O) groups excluding carboxylic acids is 2. The average Bonchev–Trinajstić information content (AvgIpc) is 2.91. The van der Waals surface area contributed by atoms with Crippen molar-refractivity contribution in [3.8, 4) is 5.75 Å². The molecule has 1 N–H and O–H groups in total. The molecule has 0 bridgehead atoms.